The average Bonchev–Trinajstić information content (AvgIpc) is 2.92. The Labute approximate surface area is 123 Å². The lowest BCUT2D eigenvalue weighted by Gasteiger charge is -2.10. The minimum Gasteiger partial charge on any atom is -0.465 e. The predicted octanol–water partition coefficient (Wildman–Crippen LogP) is 2.19. The van der Waals surface area contributed by atoms with E-state index in [9.17, 15) is 9.59 Å². The minimum atomic E-state index is -0.445. The van der Waals surface area contributed by atoms with Crippen molar-refractivity contribution in [2.75, 3.05) is 14.2 Å². The summed E-state index contributed by atoms with van der Waals surface area (Å²) in [7, 11) is 4.67. The monoisotopic (exact) mass is 287 g/mol. The zero-order valence-corrected chi connectivity index (χ0v) is 12.3. The van der Waals surface area contributed by atoms with E-state index < -0.39 is 5.97 Å². The van der Waals surface area contributed by atoms with Gasteiger partial charge < -0.3 is 14.0 Å². The van der Waals surface area contributed by atoms with Gasteiger partial charge in [-0.2, -0.15) is 0 Å². The van der Waals surface area contributed by atoms with Gasteiger partial charge in [0.1, 0.15) is 0 Å². The van der Waals surface area contributed by atoms with Crippen LogP contribution in [0.15, 0.2) is 36.5 Å². The first-order valence-corrected chi connectivity index (χ1v) is 6.44. The number of aromatic nitrogens is 1. The van der Waals surface area contributed by atoms with Gasteiger partial charge in [-0.3, -0.25) is 4.79 Å². The van der Waals surface area contributed by atoms with Crippen molar-refractivity contribution in [1.82, 2.24) is 4.57 Å². The zero-order valence-electron chi connectivity index (χ0n) is 12.3. The Morgan fingerprint density at radius 1 is 1.19 bits per heavy atom. The lowest BCUT2D eigenvalue weighted by molar-refractivity contribution is 0.0595. The van der Waals surface area contributed by atoms with Crippen LogP contribution in [0.25, 0.3) is 0 Å². The molecule has 0 saturated carbocycles. The van der Waals surface area contributed by atoms with E-state index in [1.165, 1.54) is 14.2 Å². The maximum absolute atomic E-state index is 12.5. The molecule has 110 valence electrons. The van der Waals surface area contributed by atoms with Crippen LogP contribution in [0.4, 0.5) is 0 Å². The highest BCUT2D eigenvalue weighted by atomic mass is 16.5. The number of nitrogens with zero attached hydrogens (tertiary/aromatic N) is 1. The Kier molecular flexibility index (Phi) is 4.55. The fraction of sp³-hybridized carbons (Fsp3) is 0.250. The lowest BCUT2D eigenvalue weighted by atomic mass is 10.0. The molecule has 0 fully saturated rings. The van der Waals surface area contributed by atoms with Crippen molar-refractivity contribution in [3.05, 3.63) is 58.9 Å². The van der Waals surface area contributed by atoms with Gasteiger partial charge in [-0.05, 0) is 29.8 Å². The third kappa shape index (κ3) is 3.03. The van der Waals surface area contributed by atoms with E-state index in [1.807, 2.05) is 19.3 Å². The smallest absolute Gasteiger partial charge is 0.338 e. The standard InChI is InChI=1S/C16H17NO4/c1-17-8-4-5-14(17)15(18)11-6-7-13(16(19)21-3)12(9-11)10-20-2/h4-9H,10H2,1-3H3. The number of benzene rings is 1. The van der Waals surface area contributed by atoms with Crippen LogP contribution in [0.3, 0.4) is 0 Å². The Bertz CT molecular complexity index is 673. The van der Waals surface area contributed by atoms with Crippen molar-refractivity contribution in [2.45, 2.75) is 6.61 Å². The van der Waals surface area contributed by atoms with E-state index in [2.05, 4.69) is 0 Å². The number of carbonyl (C=O) groups is 2. The number of rotatable bonds is 5. The normalized spacial score (nSPS) is 10.4. The van der Waals surface area contributed by atoms with Gasteiger partial charge in [0.25, 0.3) is 0 Å². The van der Waals surface area contributed by atoms with Gasteiger partial charge in [0.2, 0.25) is 5.78 Å². The summed E-state index contributed by atoms with van der Waals surface area (Å²) in [6.07, 6.45) is 1.81. The number of ether oxygens (including phenoxy) is 2. The second kappa shape index (κ2) is 6.37. The molecule has 5 heteroatoms. The molecule has 0 spiro atoms. The van der Waals surface area contributed by atoms with E-state index >= 15 is 0 Å². The van der Waals surface area contributed by atoms with E-state index in [-0.39, 0.29) is 12.4 Å². The SMILES string of the molecule is COCc1cc(C(=O)c2cccn2C)ccc1C(=O)OC. The van der Waals surface area contributed by atoms with Gasteiger partial charge in [0, 0.05) is 25.9 Å². The summed E-state index contributed by atoms with van der Waals surface area (Å²) in [5.41, 5.74) is 2.13. The molecule has 1 aromatic carbocycles. The highest BCUT2D eigenvalue weighted by molar-refractivity contribution is 6.08. The van der Waals surface area contributed by atoms with Crippen molar-refractivity contribution in [3.8, 4) is 0 Å². The zero-order chi connectivity index (χ0) is 15.4. The summed E-state index contributed by atoms with van der Waals surface area (Å²) in [6, 6.07) is 8.46. The Hall–Kier alpha value is -2.40. The molecule has 0 aliphatic rings. The number of hydrogen-bond acceptors (Lipinski definition) is 4. The highest BCUT2D eigenvalue weighted by Crippen LogP contribution is 2.17. The Balaban J connectivity index is 2.42. The maximum atomic E-state index is 12.5. The molecule has 0 N–H and O–H groups in total. The third-order valence-electron chi connectivity index (χ3n) is 3.25. The van der Waals surface area contributed by atoms with Crippen molar-refractivity contribution in [2.24, 2.45) is 7.05 Å². The quantitative estimate of drug-likeness (QED) is 0.625. The van der Waals surface area contributed by atoms with Crippen LogP contribution in [-0.2, 0) is 23.1 Å². The number of hydrogen-bond donors (Lipinski definition) is 0. The predicted molar refractivity (Wildman–Crippen MR) is 77.3 cm³/mol. The first-order chi connectivity index (χ1) is 10.1. The largest absolute Gasteiger partial charge is 0.465 e. The number of esters is 1. The Morgan fingerprint density at radius 3 is 2.52 bits per heavy atom. The first kappa shape index (κ1) is 15.0. The van der Waals surface area contributed by atoms with Crippen molar-refractivity contribution in [1.29, 1.82) is 0 Å². The van der Waals surface area contributed by atoms with Crippen molar-refractivity contribution in [3.63, 3.8) is 0 Å². The Morgan fingerprint density at radius 2 is 1.95 bits per heavy atom. The number of carbonyl (C=O) groups excluding carboxylic acids is 2. The van der Waals surface area contributed by atoms with Gasteiger partial charge in [0.15, 0.2) is 0 Å². The lowest BCUT2D eigenvalue weighted by Crippen LogP contribution is -2.11. The molecule has 1 heterocycles. The van der Waals surface area contributed by atoms with Gasteiger partial charge in [0.05, 0.1) is 25.0 Å². The molecule has 0 amide bonds. The summed E-state index contributed by atoms with van der Waals surface area (Å²) >= 11 is 0. The van der Waals surface area contributed by atoms with Crippen LogP contribution in [0.1, 0.15) is 32.0 Å². The summed E-state index contributed by atoms with van der Waals surface area (Å²) in [5, 5.41) is 0. The van der Waals surface area contributed by atoms with Crippen LogP contribution < -0.4 is 0 Å². The second-order valence-electron chi connectivity index (χ2n) is 4.63. The average molecular weight is 287 g/mol. The van der Waals surface area contributed by atoms with Crippen molar-refractivity contribution >= 4 is 11.8 Å². The molecular formula is C16H17NO4. The van der Waals surface area contributed by atoms with Crippen LogP contribution in [0, 0.1) is 0 Å². The van der Waals surface area contributed by atoms with E-state index in [4.69, 9.17) is 9.47 Å². The molecule has 0 atom stereocenters. The van der Waals surface area contributed by atoms with Crippen LogP contribution in [0.5, 0.6) is 0 Å². The van der Waals surface area contributed by atoms with E-state index in [0.29, 0.717) is 22.4 Å². The molecular weight excluding hydrogens is 270 g/mol. The van der Waals surface area contributed by atoms with Gasteiger partial charge in [-0.1, -0.05) is 6.07 Å². The summed E-state index contributed by atoms with van der Waals surface area (Å²) in [6.45, 7) is 0.235. The molecule has 1 aromatic heterocycles. The molecule has 21 heavy (non-hydrogen) atoms. The van der Waals surface area contributed by atoms with E-state index in [1.54, 1.807) is 28.8 Å². The van der Waals surface area contributed by atoms with Crippen LogP contribution >= 0.6 is 0 Å². The van der Waals surface area contributed by atoms with E-state index in [0.717, 1.165) is 0 Å². The third-order valence-corrected chi connectivity index (χ3v) is 3.25. The van der Waals surface area contributed by atoms with Crippen LogP contribution in [0.2, 0.25) is 0 Å². The molecule has 0 aliphatic heterocycles. The molecule has 0 unspecified atom stereocenters. The number of ketones is 1. The number of methoxy groups -OCH3 is 2. The first-order valence-electron chi connectivity index (χ1n) is 6.44. The number of aryl methyl sites for hydroxylation is 1. The van der Waals surface area contributed by atoms with Gasteiger partial charge in [-0.25, -0.2) is 4.79 Å². The molecule has 2 aromatic rings. The highest BCUT2D eigenvalue weighted by Gasteiger charge is 2.17. The minimum absolute atomic E-state index is 0.101. The summed E-state index contributed by atoms with van der Waals surface area (Å²) in [4.78, 5) is 24.2. The van der Waals surface area contributed by atoms with Gasteiger partial charge in [-0.15, -0.1) is 0 Å². The molecule has 2 rings (SSSR count). The fourth-order valence-electron chi connectivity index (χ4n) is 2.16. The topological polar surface area (TPSA) is 57.5 Å². The molecule has 0 radical (unpaired) electrons. The maximum Gasteiger partial charge on any atom is 0.338 e. The van der Waals surface area contributed by atoms with Crippen LogP contribution in [-0.4, -0.2) is 30.5 Å². The van der Waals surface area contributed by atoms with Gasteiger partial charge >= 0.3 is 5.97 Å². The van der Waals surface area contributed by atoms with Crippen molar-refractivity contribution < 1.29 is 19.1 Å². The summed E-state index contributed by atoms with van der Waals surface area (Å²) < 4.78 is 11.6. The molecule has 5 nitrogen and oxygen atoms in total. The molecule has 0 saturated heterocycles. The molecule has 0 bridgehead atoms. The second-order valence-corrected chi connectivity index (χ2v) is 4.63. The summed E-state index contributed by atoms with van der Waals surface area (Å²) in [5.74, 6) is -0.545. The molecule has 0 aliphatic carbocycles. The fourth-order valence-corrected chi connectivity index (χ4v) is 2.16.